The summed E-state index contributed by atoms with van der Waals surface area (Å²) in [4.78, 5) is 0. The van der Waals surface area contributed by atoms with Crippen LogP contribution in [0.15, 0.2) is 12.1 Å². The van der Waals surface area contributed by atoms with Crippen molar-refractivity contribution in [1.82, 2.24) is 0 Å². The number of hydrogen-bond acceptors (Lipinski definition) is 1. The van der Waals surface area contributed by atoms with Crippen molar-refractivity contribution in [2.75, 3.05) is 11.9 Å². The van der Waals surface area contributed by atoms with E-state index >= 15 is 0 Å². The number of nitrogens with one attached hydrogen (secondary N) is 1. The molecule has 17 heavy (non-hydrogen) atoms. The molecule has 0 heterocycles. The molecular weight excluding hydrogens is 227 g/mol. The SMILES string of the molecule is CC(C)CC(C)CNc1c(F)cc(F)cc1F. The van der Waals surface area contributed by atoms with Gasteiger partial charge in [0.1, 0.15) is 11.5 Å². The number of halogens is 3. The Balaban J connectivity index is 2.63. The highest BCUT2D eigenvalue weighted by Gasteiger charge is 2.12. The lowest BCUT2D eigenvalue weighted by atomic mass is 9.99. The van der Waals surface area contributed by atoms with E-state index in [4.69, 9.17) is 0 Å². The summed E-state index contributed by atoms with van der Waals surface area (Å²) in [6.45, 7) is 6.66. The maximum absolute atomic E-state index is 13.3. The van der Waals surface area contributed by atoms with Crippen molar-refractivity contribution in [1.29, 1.82) is 0 Å². The second-order valence-corrected chi connectivity index (χ2v) is 4.86. The average molecular weight is 245 g/mol. The quantitative estimate of drug-likeness (QED) is 0.819. The van der Waals surface area contributed by atoms with Crippen LogP contribution in [0.2, 0.25) is 0 Å². The molecule has 1 aromatic carbocycles. The number of benzene rings is 1. The van der Waals surface area contributed by atoms with Crippen molar-refractivity contribution in [3.63, 3.8) is 0 Å². The van der Waals surface area contributed by atoms with Gasteiger partial charge >= 0.3 is 0 Å². The third kappa shape index (κ3) is 4.29. The third-order valence-corrected chi connectivity index (χ3v) is 2.51. The molecule has 1 unspecified atom stereocenters. The Labute approximate surface area is 100 Å². The minimum Gasteiger partial charge on any atom is -0.380 e. The van der Waals surface area contributed by atoms with Gasteiger partial charge in [-0.1, -0.05) is 20.8 Å². The fourth-order valence-electron chi connectivity index (χ4n) is 1.88. The maximum atomic E-state index is 13.3. The monoisotopic (exact) mass is 245 g/mol. The van der Waals surface area contributed by atoms with Gasteiger partial charge in [-0.15, -0.1) is 0 Å². The van der Waals surface area contributed by atoms with E-state index in [2.05, 4.69) is 19.2 Å². The molecule has 0 aliphatic carbocycles. The summed E-state index contributed by atoms with van der Waals surface area (Å²) in [5.74, 6) is -1.84. The van der Waals surface area contributed by atoms with Crippen LogP contribution in [0.4, 0.5) is 18.9 Å². The number of anilines is 1. The predicted molar refractivity (Wildman–Crippen MR) is 63.4 cm³/mol. The molecule has 0 radical (unpaired) electrons. The summed E-state index contributed by atoms with van der Waals surface area (Å²) in [5, 5.41) is 2.70. The van der Waals surface area contributed by atoms with E-state index in [1.165, 1.54) is 0 Å². The minimum atomic E-state index is -0.902. The standard InChI is InChI=1S/C13H18F3N/c1-8(2)4-9(3)7-17-13-11(15)5-10(14)6-12(13)16/h5-6,8-9,17H,4,7H2,1-3H3. The van der Waals surface area contributed by atoms with Crippen LogP contribution >= 0.6 is 0 Å². The van der Waals surface area contributed by atoms with Gasteiger partial charge in [-0.25, -0.2) is 13.2 Å². The van der Waals surface area contributed by atoms with Crippen LogP contribution in [-0.2, 0) is 0 Å². The molecule has 1 N–H and O–H groups in total. The minimum absolute atomic E-state index is 0.248. The van der Waals surface area contributed by atoms with Crippen molar-refractivity contribution in [2.45, 2.75) is 27.2 Å². The highest BCUT2D eigenvalue weighted by atomic mass is 19.1. The van der Waals surface area contributed by atoms with E-state index in [1.54, 1.807) is 0 Å². The van der Waals surface area contributed by atoms with E-state index in [-0.39, 0.29) is 5.69 Å². The largest absolute Gasteiger partial charge is 0.380 e. The first-order valence-corrected chi connectivity index (χ1v) is 5.78. The molecule has 0 fully saturated rings. The van der Waals surface area contributed by atoms with Gasteiger partial charge in [0.15, 0.2) is 11.6 Å². The smallest absolute Gasteiger partial charge is 0.152 e. The Bertz CT molecular complexity index is 354. The van der Waals surface area contributed by atoms with Crippen molar-refractivity contribution >= 4 is 5.69 Å². The molecule has 0 spiro atoms. The molecule has 1 rings (SSSR count). The molecule has 96 valence electrons. The summed E-state index contributed by atoms with van der Waals surface area (Å²) in [5.41, 5.74) is -0.248. The average Bonchev–Trinajstić information content (AvgIpc) is 2.14. The topological polar surface area (TPSA) is 12.0 Å². The van der Waals surface area contributed by atoms with Crippen LogP contribution in [-0.4, -0.2) is 6.54 Å². The number of hydrogen-bond donors (Lipinski definition) is 1. The molecule has 4 heteroatoms. The van der Waals surface area contributed by atoms with Gasteiger partial charge < -0.3 is 5.32 Å². The molecule has 0 aliphatic rings. The Morgan fingerprint density at radius 1 is 1.06 bits per heavy atom. The highest BCUT2D eigenvalue weighted by Crippen LogP contribution is 2.21. The molecule has 0 saturated carbocycles. The van der Waals surface area contributed by atoms with Crippen LogP contribution in [0.3, 0.4) is 0 Å². The lowest BCUT2D eigenvalue weighted by Crippen LogP contribution is -2.15. The fourth-order valence-corrected chi connectivity index (χ4v) is 1.88. The summed E-state index contributed by atoms with van der Waals surface area (Å²) < 4.78 is 39.2. The second-order valence-electron chi connectivity index (χ2n) is 4.86. The highest BCUT2D eigenvalue weighted by molar-refractivity contribution is 5.46. The van der Waals surface area contributed by atoms with Gasteiger partial charge in [-0.05, 0) is 18.3 Å². The zero-order chi connectivity index (χ0) is 13.0. The van der Waals surface area contributed by atoms with Gasteiger partial charge in [-0.2, -0.15) is 0 Å². The van der Waals surface area contributed by atoms with Crippen molar-refractivity contribution in [3.8, 4) is 0 Å². The fraction of sp³-hybridized carbons (Fsp3) is 0.538. The van der Waals surface area contributed by atoms with Crippen LogP contribution in [0.1, 0.15) is 27.2 Å². The molecule has 1 nitrogen and oxygen atoms in total. The Hall–Kier alpha value is -1.19. The van der Waals surface area contributed by atoms with Gasteiger partial charge in [0, 0.05) is 18.7 Å². The van der Waals surface area contributed by atoms with E-state index in [9.17, 15) is 13.2 Å². The normalized spacial score (nSPS) is 12.9. The van der Waals surface area contributed by atoms with Crippen LogP contribution < -0.4 is 5.32 Å². The van der Waals surface area contributed by atoms with Crippen LogP contribution in [0.25, 0.3) is 0 Å². The molecule has 0 bridgehead atoms. The zero-order valence-electron chi connectivity index (χ0n) is 10.4. The molecular formula is C13H18F3N. The number of rotatable bonds is 5. The van der Waals surface area contributed by atoms with E-state index in [0.29, 0.717) is 30.5 Å². The van der Waals surface area contributed by atoms with Crippen molar-refractivity contribution in [3.05, 3.63) is 29.6 Å². The first-order chi connectivity index (χ1) is 7.90. The third-order valence-electron chi connectivity index (χ3n) is 2.51. The molecule has 0 aliphatic heterocycles. The Morgan fingerprint density at radius 3 is 2.06 bits per heavy atom. The van der Waals surface area contributed by atoms with Gasteiger partial charge in [0.05, 0.1) is 0 Å². The van der Waals surface area contributed by atoms with E-state index in [0.717, 1.165) is 6.42 Å². The predicted octanol–water partition coefficient (Wildman–Crippen LogP) is 4.20. The van der Waals surface area contributed by atoms with Crippen LogP contribution in [0, 0.1) is 29.3 Å². The first kappa shape index (κ1) is 13.9. The molecule has 0 saturated heterocycles. The second kappa shape index (κ2) is 5.94. The molecule has 0 aromatic heterocycles. The summed E-state index contributed by atoms with van der Waals surface area (Å²) in [6, 6.07) is 1.36. The van der Waals surface area contributed by atoms with Crippen molar-refractivity contribution in [2.24, 2.45) is 11.8 Å². The zero-order valence-corrected chi connectivity index (χ0v) is 10.4. The van der Waals surface area contributed by atoms with Gasteiger partial charge in [0.2, 0.25) is 0 Å². The molecule has 0 amide bonds. The Kier molecular flexibility index (Phi) is 4.85. The maximum Gasteiger partial charge on any atom is 0.152 e. The summed E-state index contributed by atoms with van der Waals surface area (Å²) in [7, 11) is 0. The summed E-state index contributed by atoms with van der Waals surface area (Å²) in [6.07, 6.45) is 0.970. The van der Waals surface area contributed by atoms with E-state index in [1.807, 2.05) is 6.92 Å². The molecule has 1 aromatic rings. The van der Waals surface area contributed by atoms with E-state index < -0.39 is 17.5 Å². The summed E-state index contributed by atoms with van der Waals surface area (Å²) >= 11 is 0. The first-order valence-electron chi connectivity index (χ1n) is 5.78. The van der Waals surface area contributed by atoms with Crippen molar-refractivity contribution < 1.29 is 13.2 Å². The van der Waals surface area contributed by atoms with Crippen LogP contribution in [0.5, 0.6) is 0 Å². The van der Waals surface area contributed by atoms with Gasteiger partial charge in [0.25, 0.3) is 0 Å². The van der Waals surface area contributed by atoms with Gasteiger partial charge in [-0.3, -0.25) is 0 Å². The molecule has 1 atom stereocenters. The lowest BCUT2D eigenvalue weighted by molar-refractivity contribution is 0.453. The Morgan fingerprint density at radius 2 is 1.59 bits per heavy atom. The lowest BCUT2D eigenvalue weighted by Gasteiger charge is -2.16.